The molecule has 0 heterocycles. The first-order chi connectivity index (χ1) is 6.38. The summed E-state index contributed by atoms with van der Waals surface area (Å²) in [7, 11) is 0. The summed E-state index contributed by atoms with van der Waals surface area (Å²) in [6.45, 7) is 12.0. The lowest BCUT2D eigenvalue weighted by Gasteiger charge is -2.21. The first-order valence-electron chi connectivity index (χ1n) is 4.83. The zero-order chi connectivity index (χ0) is 10.8. The van der Waals surface area contributed by atoms with Crippen LogP contribution in [-0.2, 0) is 0 Å². The molecule has 1 aromatic rings. The molecule has 1 aromatic carbocycles. The fraction of sp³-hybridized carbons (Fsp3) is 0.385. The lowest BCUT2D eigenvalue weighted by molar-refractivity contribution is 0.131. The molecule has 0 aliphatic heterocycles. The summed E-state index contributed by atoms with van der Waals surface area (Å²) < 4.78 is 5.71. The molecule has 0 atom stereocenters. The molecular weight excluding hydrogens is 172 g/mol. The molecule has 0 aromatic heterocycles. The minimum absolute atomic E-state index is 0.134. The van der Waals surface area contributed by atoms with E-state index >= 15 is 0 Å². The fourth-order valence-corrected chi connectivity index (χ4v) is 1.16. The van der Waals surface area contributed by atoms with Gasteiger partial charge in [-0.25, -0.2) is 0 Å². The number of rotatable bonds is 2. The van der Waals surface area contributed by atoms with Crippen LogP contribution in [0.3, 0.4) is 0 Å². The van der Waals surface area contributed by atoms with Gasteiger partial charge in [-0.3, -0.25) is 0 Å². The van der Waals surface area contributed by atoms with Crippen LogP contribution in [-0.4, -0.2) is 5.60 Å². The first kappa shape index (κ1) is 10.8. The molecule has 0 amide bonds. The third-order valence-corrected chi connectivity index (χ3v) is 1.77. The maximum Gasteiger partial charge on any atom is 0.120 e. The van der Waals surface area contributed by atoms with Gasteiger partial charge in [0.25, 0.3) is 0 Å². The van der Waals surface area contributed by atoms with Gasteiger partial charge in [0.05, 0.1) is 0 Å². The van der Waals surface area contributed by atoms with Gasteiger partial charge in [-0.1, -0.05) is 24.3 Å². The number of hydrogen-bond acceptors (Lipinski definition) is 1. The molecule has 1 rings (SSSR count). The monoisotopic (exact) mass is 190 g/mol. The van der Waals surface area contributed by atoms with Crippen LogP contribution >= 0.6 is 0 Å². The van der Waals surface area contributed by atoms with Crippen LogP contribution in [0.2, 0.25) is 0 Å². The van der Waals surface area contributed by atoms with Crippen molar-refractivity contribution in [1.29, 1.82) is 0 Å². The average Bonchev–Trinajstić information content (AvgIpc) is 2.02. The van der Waals surface area contributed by atoms with Gasteiger partial charge in [0.2, 0.25) is 0 Å². The average molecular weight is 190 g/mol. The lowest BCUT2D eigenvalue weighted by Crippen LogP contribution is -2.22. The Morgan fingerprint density at radius 3 is 2.00 bits per heavy atom. The normalized spacial score (nSPS) is 11.1. The minimum Gasteiger partial charge on any atom is -0.488 e. The number of ether oxygens (including phenoxy) is 1. The van der Waals surface area contributed by atoms with Gasteiger partial charge >= 0.3 is 0 Å². The van der Waals surface area contributed by atoms with E-state index in [1.165, 1.54) is 0 Å². The Morgan fingerprint density at radius 2 is 1.64 bits per heavy atom. The quantitative estimate of drug-likeness (QED) is 0.687. The minimum atomic E-state index is -0.134. The van der Waals surface area contributed by atoms with Crippen molar-refractivity contribution < 1.29 is 4.74 Å². The molecule has 1 nitrogen and oxygen atoms in total. The highest BCUT2D eigenvalue weighted by Gasteiger charge is 2.11. The molecule has 0 aliphatic rings. The summed E-state index contributed by atoms with van der Waals surface area (Å²) in [6.07, 6.45) is 0. The van der Waals surface area contributed by atoms with Gasteiger partial charge < -0.3 is 4.74 Å². The van der Waals surface area contributed by atoms with Crippen LogP contribution in [0, 0.1) is 0 Å². The van der Waals surface area contributed by atoms with E-state index in [1.807, 2.05) is 52.0 Å². The Bertz CT molecular complexity index is 314. The van der Waals surface area contributed by atoms with Gasteiger partial charge in [-0.2, -0.15) is 0 Å². The standard InChI is InChI=1S/C13H18O/c1-10(2)11-6-8-12(9-7-11)14-13(3,4)5/h6-9H,1H2,2-5H3. The molecule has 0 spiro atoms. The first-order valence-corrected chi connectivity index (χ1v) is 4.83. The molecule has 76 valence electrons. The van der Waals surface area contributed by atoms with Crippen LogP contribution in [0.25, 0.3) is 5.57 Å². The predicted octanol–water partition coefficient (Wildman–Crippen LogP) is 3.90. The van der Waals surface area contributed by atoms with Crippen molar-refractivity contribution in [2.75, 3.05) is 0 Å². The maximum absolute atomic E-state index is 5.71. The zero-order valence-corrected chi connectivity index (χ0v) is 9.42. The Hall–Kier alpha value is -1.24. The van der Waals surface area contributed by atoms with Crippen molar-refractivity contribution in [1.82, 2.24) is 0 Å². The zero-order valence-electron chi connectivity index (χ0n) is 9.42. The van der Waals surface area contributed by atoms with Crippen LogP contribution < -0.4 is 4.74 Å². The van der Waals surface area contributed by atoms with E-state index in [4.69, 9.17) is 4.74 Å². The largest absolute Gasteiger partial charge is 0.488 e. The summed E-state index contributed by atoms with van der Waals surface area (Å²) in [4.78, 5) is 0. The molecule has 0 bridgehead atoms. The summed E-state index contributed by atoms with van der Waals surface area (Å²) in [5.74, 6) is 0.905. The molecule has 0 radical (unpaired) electrons. The highest BCUT2D eigenvalue weighted by Crippen LogP contribution is 2.20. The van der Waals surface area contributed by atoms with Gasteiger partial charge in [0.15, 0.2) is 0 Å². The van der Waals surface area contributed by atoms with Crippen molar-refractivity contribution in [2.45, 2.75) is 33.3 Å². The lowest BCUT2D eigenvalue weighted by atomic mass is 10.1. The highest BCUT2D eigenvalue weighted by atomic mass is 16.5. The summed E-state index contributed by atoms with van der Waals surface area (Å²) in [6, 6.07) is 8.03. The van der Waals surface area contributed by atoms with Gasteiger partial charge in [0, 0.05) is 0 Å². The smallest absolute Gasteiger partial charge is 0.120 e. The summed E-state index contributed by atoms with van der Waals surface area (Å²) >= 11 is 0. The SMILES string of the molecule is C=C(C)c1ccc(OC(C)(C)C)cc1. The fourth-order valence-electron chi connectivity index (χ4n) is 1.16. The predicted molar refractivity (Wildman–Crippen MR) is 61.5 cm³/mol. The van der Waals surface area contributed by atoms with E-state index in [1.54, 1.807) is 0 Å². The second kappa shape index (κ2) is 3.87. The van der Waals surface area contributed by atoms with Crippen LogP contribution in [0.1, 0.15) is 33.3 Å². The van der Waals surface area contributed by atoms with Gasteiger partial charge in [-0.05, 0) is 45.4 Å². The number of benzene rings is 1. The van der Waals surface area contributed by atoms with Crippen molar-refractivity contribution in [3.05, 3.63) is 36.4 Å². The Morgan fingerprint density at radius 1 is 1.14 bits per heavy atom. The number of allylic oxidation sites excluding steroid dienone is 1. The Labute approximate surface area is 86.4 Å². The van der Waals surface area contributed by atoms with E-state index in [0.717, 1.165) is 16.9 Å². The summed E-state index contributed by atoms with van der Waals surface area (Å²) in [5, 5.41) is 0. The van der Waals surface area contributed by atoms with Gasteiger partial charge in [0.1, 0.15) is 11.4 Å². The molecule has 1 heteroatoms. The van der Waals surface area contributed by atoms with E-state index in [9.17, 15) is 0 Å². The molecule has 0 saturated heterocycles. The summed E-state index contributed by atoms with van der Waals surface area (Å²) in [5.41, 5.74) is 2.10. The molecule has 0 aliphatic carbocycles. The van der Waals surface area contributed by atoms with Crippen molar-refractivity contribution >= 4 is 5.57 Å². The second-order valence-corrected chi connectivity index (χ2v) is 4.52. The van der Waals surface area contributed by atoms with E-state index < -0.39 is 0 Å². The second-order valence-electron chi connectivity index (χ2n) is 4.52. The Kier molecular flexibility index (Phi) is 3.00. The molecule has 0 unspecified atom stereocenters. The van der Waals surface area contributed by atoms with E-state index in [2.05, 4.69) is 6.58 Å². The van der Waals surface area contributed by atoms with Crippen molar-refractivity contribution in [3.8, 4) is 5.75 Å². The topological polar surface area (TPSA) is 9.23 Å². The van der Waals surface area contributed by atoms with Crippen LogP contribution in [0.5, 0.6) is 5.75 Å². The number of hydrogen-bond donors (Lipinski definition) is 0. The highest BCUT2D eigenvalue weighted by molar-refractivity contribution is 5.61. The van der Waals surface area contributed by atoms with E-state index in [-0.39, 0.29) is 5.60 Å². The molecule has 0 fully saturated rings. The Balaban J connectivity index is 2.79. The van der Waals surface area contributed by atoms with Crippen LogP contribution in [0.15, 0.2) is 30.8 Å². The third kappa shape index (κ3) is 3.25. The molecule has 0 N–H and O–H groups in total. The molecular formula is C13H18O. The maximum atomic E-state index is 5.71. The van der Waals surface area contributed by atoms with Gasteiger partial charge in [-0.15, -0.1) is 0 Å². The van der Waals surface area contributed by atoms with Crippen molar-refractivity contribution in [3.63, 3.8) is 0 Å². The molecule has 14 heavy (non-hydrogen) atoms. The molecule has 0 saturated carbocycles. The third-order valence-electron chi connectivity index (χ3n) is 1.77. The van der Waals surface area contributed by atoms with Crippen molar-refractivity contribution in [2.24, 2.45) is 0 Å². The van der Waals surface area contributed by atoms with Crippen LogP contribution in [0.4, 0.5) is 0 Å². The van der Waals surface area contributed by atoms with E-state index in [0.29, 0.717) is 0 Å².